The molecule has 1 aliphatic heterocycles. The summed E-state index contributed by atoms with van der Waals surface area (Å²) in [5.74, 6) is -0.0332. The number of nitrogens with one attached hydrogen (secondary N) is 2. The van der Waals surface area contributed by atoms with E-state index in [4.69, 9.17) is 11.6 Å². The molecule has 1 fully saturated rings. The van der Waals surface area contributed by atoms with Crippen molar-refractivity contribution in [3.8, 4) is 21.6 Å². The fourth-order valence-electron chi connectivity index (χ4n) is 4.83. The van der Waals surface area contributed by atoms with Crippen LogP contribution < -0.4 is 21.1 Å². The van der Waals surface area contributed by atoms with E-state index in [1.165, 1.54) is 17.4 Å². The zero-order valence-corrected chi connectivity index (χ0v) is 22.7. The van der Waals surface area contributed by atoms with Gasteiger partial charge in [-0.05, 0) is 42.8 Å². The largest absolute Gasteiger partial charge is 0.367 e. The number of aromatic nitrogens is 4. The molecule has 0 spiro atoms. The monoisotopic (exact) mass is 561 g/mol. The normalized spacial score (nSPS) is 13.7. The van der Waals surface area contributed by atoms with Gasteiger partial charge in [-0.1, -0.05) is 23.7 Å². The van der Waals surface area contributed by atoms with Crippen LogP contribution in [0.25, 0.3) is 32.6 Å². The van der Waals surface area contributed by atoms with Crippen LogP contribution in [0.4, 0.5) is 21.7 Å². The van der Waals surface area contributed by atoms with Crippen LogP contribution in [0.2, 0.25) is 5.02 Å². The molecule has 0 aliphatic carbocycles. The van der Waals surface area contributed by atoms with Gasteiger partial charge in [-0.2, -0.15) is 4.98 Å². The molecule has 8 nitrogen and oxygen atoms in total. The molecule has 0 bridgehead atoms. The molecule has 0 amide bonds. The second kappa shape index (κ2) is 10.7. The minimum absolute atomic E-state index is 0.200. The maximum Gasteiger partial charge on any atom is 0.260 e. The van der Waals surface area contributed by atoms with Crippen molar-refractivity contribution < 1.29 is 4.39 Å². The molecule has 2 N–H and O–H groups in total. The Bertz CT molecular complexity index is 1720. The number of anilines is 3. The van der Waals surface area contributed by atoms with Crippen molar-refractivity contribution in [2.24, 2.45) is 0 Å². The molecule has 6 rings (SSSR count). The highest BCUT2D eigenvalue weighted by Gasteiger charge is 2.17. The van der Waals surface area contributed by atoms with Crippen molar-refractivity contribution in [2.45, 2.75) is 13.5 Å². The number of rotatable bonds is 6. The lowest BCUT2D eigenvalue weighted by Crippen LogP contribution is -2.43. The van der Waals surface area contributed by atoms with Crippen LogP contribution in [0.5, 0.6) is 0 Å². The molecule has 198 valence electrons. The minimum Gasteiger partial charge on any atom is -0.367 e. The van der Waals surface area contributed by atoms with Crippen molar-refractivity contribution >= 4 is 51.3 Å². The van der Waals surface area contributed by atoms with Gasteiger partial charge in [0.05, 0.1) is 16.1 Å². The fourth-order valence-corrected chi connectivity index (χ4v) is 5.73. The molecule has 0 saturated carbocycles. The minimum atomic E-state index is -0.309. The topological polar surface area (TPSA) is 88.0 Å². The predicted molar refractivity (Wildman–Crippen MR) is 156 cm³/mol. The van der Waals surface area contributed by atoms with E-state index >= 15 is 0 Å². The zero-order chi connectivity index (χ0) is 26.9. The van der Waals surface area contributed by atoms with Crippen LogP contribution in [0.1, 0.15) is 6.92 Å². The third kappa shape index (κ3) is 4.98. The summed E-state index contributed by atoms with van der Waals surface area (Å²) < 4.78 is 16.5. The maximum absolute atomic E-state index is 14.9. The second-order valence-corrected chi connectivity index (χ2v) is 10.5. The highest BCUT2D eigenvalue weighted by molar-refractivity contribution is 7.13. The number of hydrogen-bond acceptors (Lipinski definition) is 8. The smallest absolute Gasteiger partial charge is 0.260 e. The Morgan fingerprint density at radius 1 is 1.10 bits per heavy atom. The number of hydrogen-bond donors (Lipinski definition) is 2. The Balaban J connectivity index is 1.32. The third-order valence-electron chi connectivity index (χ3n) is 6.78. The molecule has 4 heterocycles. The van der Waals surface area contributed by atoms with E-state index in [1.807, 2.05) is 36.1 Å². The summed E-state index contributed by atoms with van der Waals surface area (Å²) in [5.41, 5.74) is 5.21. The van der Waals surface area contributed by atoms with E-state index in [1.54, 1.807) is 34.6 Å². The molecular formula is C28H25ClFN7OS. The summed E-state index contributed by atoms with van der Waals surface area (Å²) in [5, 5.41) is 7.52. The molecule has 2 aromatic carbocycles. The maximum atomic E-state index is 14.9. The van der Waals surface area contributed by atoms with Gasteiger partial charge in [-0.25, -0.2) is 9.37 Å². The number of halogens is 2. The number of aryl methyl sites for hydroxylation is 1. The molecule has 1 aliphatic rings. The van der Waals surface area contributed by atoms with Crippen LogP contribution in [0.15, 0.2) is 65.2 Å². The number of thiazole rings is 1. The number of pyridine rings is 1. The van der Waals surface area contributed by atoms with Gasteiger partial charge >= 0.3 is 0 Å². The Morgan fingerprint density at radius 3 is 2.67 bits per heavy atom. The first kappa shape index (κ1) is 25.4. The van der Waals surface area contributed by atoms with Gasteiger partial charge < -0.3 is 15.5 Å². The van der Waals surface area contributed by atoms with Crippen LogP contribution in [0.3, 0.4) is 0 Å². The van der Waals surface area contributed by atoms with Crippen molar-refractivity contribution in [1.82, 2.24) is 24.8 Å². The molecule has 5 aromatic rings. The molecule has 39 heavy (non-hydrogen) atoms. The average Bonchev–Trinajstić information content (AvgIpc) is 3.49. The van der Waals surface area contributed by atoms with Gasteiger partial charge in [-0.3, -0.25) is 14.3 Å². The van der Waals surface area contributed by atoms with Gasteiger partial charge in [0.25, 0.3) is 5.56 Å². The SMILES string of the molecule is CCn1c(=O)c(-c2ccc(-c3cncs3)cc2Cl)cc2cnc(Nc3ccc(N4CCNCC4)c(F)c3)nc21. The van der Waals surface area contributed by atoms with E-state index in [0.29, 0.717) is 45.1 Å². The molecule has 1 saturated heterocycles. The predicted octanol–water partition coefficient (Wildman–Crippen LogP) is 5.55. The van der Waals surface area contributed by atoms with Gasteiger partial charge in [0.15, 0.2) is 0 Å². The van der Waals surface area contributed by atoms with Crippen molar-refractivity contribution in [2.75, 3.05) is 36.4 Å². The van der Waals surface area contributed by atoms with Crippen molar-refractivity contribution in [3.63, 3.8) is 0 Å². The van der Waals surface area contributed by atoms with Gasteiger partial charge in [0, 0.05) is 72.3 Å². The molecule has 3 aromatic heterocycles. The lowest BCUT2D eigenvalue weighted by Gasteiger charge is -2.29. The zero-order valence-electron chi connectivity index (χ0n) is 21.1. The first-order valence-corrected chi connectivity index (χ1v) is 13.9. The van der Waals surface area contributed by atoms with Crippen molar-refractivity contribution in [3.05, 3.63) is 81.6 Å². The Kier molecular flexibility index (Phi) is 6.99. The van der Waals surface area contributed by atoms with E-state index in [9.17, 15) is 9.18 Å². The summed E-state index contributed by atoms with van der Waals surface area (Å²) in [6, 6.07) is 12.4. The summed E-state index contributed by atoms with van der Waals surface area (Å²) >= 11 is 8.17. The molecule has 0 unspecified atom stereocenters. The first-order chi connectivity index (χ1) is 19.0. The molecular weight excluding hydrogens is 537 g/mol. The first-order valence-electron chi connectivity index (χ1n) is 12.6. The van der Waals surface area contributed by atoms with Gasteiger partial charge in [0.2, 0.25) is 5.95 Å². The molecule has 0 radical (unpaired) electrons. The van der Waals surface area contributed by atoms with Crippen LogP contribution in [-0.4, -0.2) is 45.7 Å². The van der Waals surface area contributed by atoms with Crippen LogP contribution in [-0.2, 0) is 6.54 Å². The fraction of sp³-hybridized carbons (Fsp3) is 0.214. The van der Waals surface area contributed by atoms with E-state index in [2.05, 4.69) is 25.6 Å². The number of nitrogens with zero attached hydrogens (tertiary/aromatic N) is 5. The summed E-state index contributed by atoms with van der Waals surface area (Å²) in [7, 11) is 0. The Hall–Kier alpha value is -3.86. The second-order valence-electron chi connectivity index (χ2n) is 9.17. The van der Waals surface area contributed by atoms with Crippen molar-refractivity contribution in [1.29, 1.82) is 0 Å². The lowest BCUT2D eigenvalue weighted by molar-refractivity contribution is 0.566. The van der Waals surface area contributed by atoms with Crippen LogP contribution >= 0.6 is 22.9 Å². The summed E-state index contributed by atoms with van der Waals surface area (Å²) in [4.78, 5) is 29.7. The Labute approximate surface area is 233 Å². The standard InChI is InChI=1S/C28H25ClFN7OS/c1-2-37-26-18(11-21(27(37)38)20-5-3-17(12-22(20)29)25-15-32-16-39-25)14-33-28(35-26)34-19-4-6-24(23(30)13-19)36-9-7-31-8-10-36/h3-6,11-16,31H,2,7-10H2,1H3,(H,33,34,35). The quantitative estimate of drug-likeness (QED) is 0.281. The third-order valence-corrected chi connectivity index (χ3v) is 7.92. The molecule has 11 heteroatoms. The highest BCUT2D eigenvalue weighted by Crippen LogP contribution is 2.33. The van der Waals surface area contributed by atoms with Gasteiger partial charge in [-0.15, -0.1) is 11.3 Å². The van der Waals surface area contributed by atoms with Gasteiger partial charge in [0.1, 0.15) is 11.5 Å². The number of piperazine rings is 1. The van der Waals surface area contributed by atoms with E-state index in [0.717, 1.165) is 36.6 Å². The lowest BCUT2D eigenvalue weighted by atomic mass is 10.0. The molecule has 0 atom stereocenters. The highest BCUT2D eigenvalue weighted by atomic mass is 35.5. The van der Waals surface area contributed by atoms with Crippen LogP contribution in [0, 0.1) is 5.82 Å². The Morgan fingerprint density at radius 2 is 1.95 bits per heavy atom. The van der Waals surface area contributed by atoms with E-state index < -0.39 is 0 Å². The average molecular weight is 562 g/mol. The summed E-state index contributed by atoms with van der Waals surface area (Å²) in [6.07, 6.45) is 3.44. The van der Waals surface area contributed by atoms with E-state index in [-0.39, 0.29) is 17.3 Å². The number of fused-ring (bicyclic) bond motifs is 1. The number of benzene rings is 2. The summed E-state index contributed by atoms with van der Waals surface area (Å²) in [6.45, 7) is 5.47.